The highest BCUT2D eigenvalue weighted by Crippen LogP contribution is 2.23. The largest absolute Gasteiger partial charge is 0.394 e. The molecule has 0 bridgehead atoms. The van der Waals surface area contributed by atoms with Crippen molar-refractivity contribution in [3.63, 3.8) is 0 Å². The third-order valence-electron chi connectivity index (χ3n) is 11.0. The smallest absolute Gasteiger partial charge is 0.220 e. The molecule has 13 heteroatoms. The number of ether oxygens (including phenoxy) is 2. The maximum atomic E-state index is 13.0. The van der Waals surface area contributed by atoms with Crippen LogP contribution in [0.2, 0.25) is 0 Å². The van der Waals surface area contributed by atoms with Gasteiger partial charge in [-0.3, -0.25) is 9.59 Å². The van der Waals surface area contributed by atoms with E-state index in [-0.39, 0.29) is 24.8 Å². The van der Waals surface area contributed by atoms with E-state index in [2.05, 4.69) is 33.5 Å². The fourth-order valence-corrected chi connectivity index (χ4v) is 7.64. The number of carbonyl (C=O) groups is 2. The zero-order valence-corrected chi connectivity index (χ0v) is 36.5. The van der Waals surface area contributed by atoms with Gasteiger partial charge in [-0.1, -0.05) is 158 Å². The second kappa shape index (κ2) is 36.0. The van der Waals surface area contributed by atoms with E-state index in [0.717, 1.165) is 76.0 Å². The monoisotopic (exact) mass is 867 g/mol. The van der Waals surface area contributed by atoms with Crippen molar-refractivity contribution in [2.75, 3.05) is 25.1 Å². The minimum Gasteiger partial charge on any atom is -0.394 e. The van der Waals surface area contributed by atoms with Gasteiger partial charge < -0.3 is 50.7 Å². The molecular formula is C43H83BrN2O10. The van der Waals surface area contributed by atoms with Crippen LogP contribution in [0.3, 0.4) is 0 Å². The number of nitrogens with one attached hydrogen (secondary N) is 2. The first kappa shape index (κ1) is 53.1. The molecule has 0 aromatic carbocycles. The summed E-state index contributed by atoms with van der Waals surface area (Å²) in [7, 11) is 0. The molecule has 56 heavy (non-hydrogen) atoms. The molecule has 1 fully saturated rings. The van der Waals surface area contributed by atoms with Crippen LogP contribution in [0.5, 0.6) is 0 Å². The molecule has 0 aromatic rings. The zero-order valence-electron chi connectivity index (χ0n) is 34.9. The third kappa shape index (κ3) is 26.3. The minimum atomic E-state index is -1.62. The number of unbranched alkanes of at least 4 members (excludes halogenated alkanes) is 22. The predicted octanol–water partition coefficient (Wildman–Crippen LogP) is 6.46. The van der Waals surface area contributed by atoms with E-state index in [1.165, 1.54) is 83.5 Å². The Morgan fingerprint density at radius 2 is 1.12 bits per heavy atom. The van der Waals surface area contributed by atoms with E-state index < -0.39 is 55.6 Å². The summed E-state index contributed by atoms with van der Waals surface area (Å²) < 4.78 is 11.1. The predicted molar refractivity (Wildman–Crippen MR) is 225 cm³/mol. The van der Waals surface area contributed by atoms with Gasteiger partial charge in [-0.05, 0) is 32.1 Å². The van der Waals surface area contributed by atoms with Crippen molar-refractivity contribution >= 4 is 27.7 Å². The molecule has 12 nitrogen and oxygen atoms in total. The Bertz CT molecular complexity index is 935. The maximum absolute atomic E-state index is 13.0. The maximum Gasteiger partial charge on any atom is 0.220 e. The van der Waals surface area contributed by atoms with E-state index in [1.54, 1.807) is 0 Å². The van der Waals surface area contributed by atoms with Gasteiger partial charge in [-0.2, -0.15) is 0 Å². The summed E-state index contributed by atoms with van der Waals surface area (Å²) in [5.41, 5.74) is 0. The standard InChI is InChI=1S/C43H83BrN2O10/c1-2-3-4-5-6-7-8-9-10-12-17-22-27-35(48)39(51)34(33-55-43-42(54)41(53)40(52)36(32-47)56-43)46-38(50)29-24-19-14-16-21-26-31-45-37(49)28-23-18-13-11-15-20-25-30-44/h34-36,39-43,47-48,51-54H,2-33H2,1H3,(H,45,49)(H,46,50)/t34-,35+,36+,39-,40-,41-,42+,43-/m0/s1. The number of amides is 2. The highest BCUT2D eigenvalue weighted by Gasteiger charge is 2.44. The number of halogens is 1. The molecule has 8 atom stereocenters. The van der Waals surface area contributed by atoms with Gasteiger partial charge in [0.2, 0.25) is 11.8 Å². The van der Waals surface area contributed by atoms with Crippen LogP contribution >= 0.6 is 15.9 Å². The molecule has 332 valence electrons. The number of alkyl halides is 1. The SMILES string of the molecule is CCCCCCCCCCCCCC[C@@H](O)[C@@H](O)[C@H](CO[C@H]1O[C@H](CO)[C@H](O)[C@H](O)[C@H]1O)NC(=O)CCCCCCCCNC(=O)CCCCCCCCCBr. The second-order valence-corrected chi connectivity index (χ2v) is 16.9. The lowest BCUT2D eigenvalue weighted by molar-refractivity contribution is -0.303. The molecule has 0 spiro atoms. The van der Waals surface area contributed by atoms with Crippen LogP contribution in [0.4, 0.5) is 0 Å². The van der Waals surface area contributed by atoms with Gasteiger partial charge in [0, 0.05) is 24.7 Å². The van der Waals surface area contributed by atoms with Crippen LogP contribution in [0.15, 0.2) is 0 Å². The molecule has 0 aliphatic carbocycles. The molecular weight excluding hydrogens is 784 g/mol. The van der Waals surface area contributed by atoms with E-state index in [1.807, 2.05) is 0 Å². The van der Waals surface area contributed by atoms with Crippen LogP contribution in [0.1, 0.15) is 187 Å². The Hall–Kier alpha value is -0.900. The first-order valence-electron chi connectivity index (χ1n) is 22.6. The lowest BCUT2D eigenvalue weighted by atomic mass is 9.98. The average molecular weight is 868 g/mol. The van der Waals surface area contributed by atoms with Crippen molar-refractivity contribution in [3.05, 3.63) is 0 Å². The summed E-state index contributed by atoms with van der Waals surface area (Å²) in [6.45, 7) is 1.97. The van der Waals surface area contributed by atoms with E-state index >= 15 is 0 Å². The topological polar surface area (TPSA) is 198 Å². The summed E-state index contributed by atoms with van der Waals surface area (Å²) in [4.78, 5) is 25.1. The average Bonchev–Trinajstić information content (AvgIpc) is 3.19. The van der Waals surface area contributed by atoms with Gasteiger partial charge in [0.1, 0.15) is 30.5 Å². The Morgan fingerprint density at radius 1 is 0.643 bits per heavy atom. The molecule has 8 N–H and O–H groups in total. The normalized spacial score (nSPS) is 21.5. The first-order valence-corrected chi connectivity index (χ1v) is 23.7. The Morgan fingerprint density at radius 3 is 1.66 bits per heavy atom. The van der Waals surface area contributed by atoms with Crippen LogP contribution in [0, 0.1) is 0 Å². The third-order valence-corrected chi connectivity index (χ3v) is 11.5. The Kier molecular flexibility index (Phi) is 34.1. The van der Waals surface area contributed by atoms with Gasteiger partial charge in [-0.25, -0.2) is 0 Å². The highest BCUT2D eigenvalue weighted by atomic mass is 79.9. The van der Waals surface area contributed by atoms with Crippen LogP contribution in [-0.2, 0) is 19.1 Å². The fourth-order valence-electron chi connectivity index (χ4n) is 7.24. The number of rotatable bonds is 38. The summed E-state index contributed by atoms with van der Waals surface area (Å²) in [5.74, 6) is -0.171. The Balaban J connectivity index is 2.39. The minimum absolute atomic E-state index is 0.133. The van der Waals surface area contributed by atoms with Crippen LogP contribution in [-0.4, -0.2) is 116 Å². The van der Waals surface area contributed by atoms with Crippen molar-refractivity contribution in [3.8, 4) is 0 Å². The summed E-state index contributed by atoms with van der Waals surface area (Å²) in [5, 5.41) is 69.1. The summed E-state index contributed by atoms with van der Waals surface area (Å²) >= 11 is 3.46. The van der Waals surface area contributed by atoms with Gasteiger partial charge in [-0.15, -0.1) is 0 Å². The fraction of sp³-hybridized carbons (Fsp3) is 0.953. The molecule has 1 heterocycles. The van der Waals surface area contributed by atoms with Crippen molar-refractivity contribution in [2.45, 2.75) is 236 Å². The molecule has 1 aliphatic heterocycles. The summed E-state index contributed by atoms with van der Waals surface area (Å²) in [6.07, 6.45) is 19.2. The molecule has 0 unspecified atom stereocenters. The molecule has 0 radical (unpaired) electrons. The summed E-state index contributed by atoms with van der Waals surface area (Å²) in [6, 6.07) is -1.02. The van der Waals surface area contributed by atoms with Crippen molar-refractivity contribution in [2.24, 2.45) is 0 Å². The quantitative estimate of drug-likeness (QED) is 0.0252. The molecule has 0 saturated carbocycles. The van der Waals surface area contributed by atoms with E-state index in [9.17, 15) is 40.2 Å². The molecule has 1 aliphatic rings. The van der Waals surface area contributed by atoms with Crippen molar-refractivity contribution in [1.29, 1.82) is 0 Å². The van der Waals surface area contributed by atoms with E-state index in [0.29, 0.717) is 25.8 Å². The number of carbonyl (C=O) groups excluding carboxylic acids is 2. The van der Waals surface area contributed by atoms with Crippen molar-refractivity contribution < 1.29 is 49.7 Å². The first-order chi connectivity index (χ1) is 27.2. The second-order valence-electron chi connectivity index (χ2n) is 16.1. The number of hydrogen-bond donors (Lipinski definition) is 8. The molecule has 1 saturated heterocycles. The Labute approximate surface area is 347 Å². The molecule has 1 rings (SSSR count). The van der Waals surface area contributed by atoms with Gasteiger partial charge in [0.25, 0.3) is 0 Å². The lowest BCUT2D eigenvalue weighted by Crippen LogP contribution is -2.60. The van der Waals surface area contributed by atoms with Crippen LogP contribution in [0.25, 0.3) is 0 Å². The van der Waals surface area contributed by atoms with Gasteiger partial charge in [0.05, 0.1) is 25.4 Å². The van der Waals surface area contributed by atoms with E-state index in [4.69, 9.17) is 9.47 Å². The van der Waals surface area contributed by atoms with Gasteiger partial charge in [0.15, 0.2) is 6.29 Å². The molecule has 2 amide bonds. The number of aliphatic hydroxyl groups excluding tert-OH is 6. The lowest BCUT2D eigenvalue weighted by Gasteiger charge is -2.40. The number of aliphatic hydroxyl groups is 6. The number of hydrogen-bond acceptors (Lipinski definition) is 10. The van der Waals surface area contributed by atoms with Gasteiger partial charge >= 0.3 is 0 Å². The van der Waals surface area contributed by atoms with Crippen molar-refractivity contribution in [1.82, 2.24) is 10.6 Å². The highest BCUT2D eigenvalue weighted by molar-refractivity contribution is 9.09. The van der Waals surface area contributed by atoms with Crippen LogP contribution < -0.4 is 10.6 Å². The molecule has 0 aromatic heterocycles. The zero-order chi connectivity index (χ0) is 41.2.